The van der Waals surface area contributed by atoms with Gasteiger partial charge in [0.2, 0.25) is 5.91 Å². The van der Waals surface area contributed by atoms with Gasteiger partial charge >= 0.3 is 7.12 Å². The summed E-state index contributed by atoms with van der Waals surface area (Å²) in [6, 6.07) is 9.51. The molecule has 2 rings (SSSR count). The molecule has 3 N–H and O–H groups in total. The molecule has 0 aromatic heterocycles. The Labute approximate surface area is 129 Å². The lowest BCUT2D eigenvalue weighted by Crippen LogP contribution is -2.47. The SMILES string of the molecule is CC(=O)O.O=C(Cc1ccccc1)NC1CC=CCOB1O. The van der Waals surface area contributed by atoms with Gasteiger partial charge in [0, 0.05) is 13.5 Å². The largest absolute Gasteiger partial charge is 0.481 e. The first kappa shape index (κ1) is 17.9. The minimum Gasteiger partial charge on any atom is -0.481 e. The molecular weight excluding hydrogens is 285 g/mol. The van der Waals surface area contributed by atoms with Crippen LogP contribution < -0.4 is 5.32 Å². The Morgan fingerprint density at radius 2 is 1.95 bits per heavy atom. The number of aliphatic carboxylic acids is 1. The molecule has 0 aliphatic carbocycles. The van der Waals surface area contributed by atoms with Crippen molar-refractivity contribution in [3.8, 4) is 0 Å². The Bertz CT molecular complexity index is 502. The molecule has 1 aromatic rings. The van der Waals surface area contributed by atoms with E-state index in [1.54, 1.807) is 0 Å². The van der Waals surface area contributed by atoms with E-state index in [0.29, 0.717) is 19.4 Å². The second-order valence-electron chi connectivity index (χ2n) is 4.79. The first-order valence-corrected chi connectivity index (χ1v) is 6.96. The van der Waals surface area contributed by atoms with Crippen LogP contribution >= 0.6 is 0 Å². The van der Waals surface area contributed by atoms with Gasteiger partial charge in [-0.3, -0.25) is 9.59 Å². The summed E-state index contributed by atoms with van der Waals surface area (Å²) in [5.74, 6) is -1.32. The van der Waals surface area contributed by atoms with E-state index in [1.165, 1.54) is 0 Å². The second-order valence-corrected chi connectivity index (χ2v) is 4.79. The zero-order chi connectivity index (χ0) is 16.4. The maximum Gasteiger partial charge on any atom is 0.478 e. The van der Waals surface area contributed by atoms with Crippen LogP contribution in [0.25, 0.3) is 0 Å². The summed E-state index contributed by atoms with van der Waals surface area (Å²) in [5, 5.41) is 19.9. The predicted octanol–water partition coefficient (Wildman–Crippen LogP) is 0.801. The maximum absolute atomic E-state index is 11.8. The van der Waals surface area contributed by atoms with Crippen molar-refractivity contribution in [1.82, 2.24) is 5.32 Å². The van der Waals surface area contributed by atoms with Crippen molar-refractivity contribution in [2.45, 2.75) is 25.7 Å². The minimum absolute atomic E-state index is 0.107. The predicted molar refractivity (Wildman–Crippen MR) is 83.1 cm³/mol. The van der Waals surface area contributed by atoms with Crippen molar-refractivity contribution in [2.75, 3.05) is 6.61 Å². The van der Waals surface area contributed by atoms with Gasteiger partial charge < -0.3 is 20.1 Å². The van der Waals surface area contributed by atoms with Crippen LogP contribution in [0, 0.1) is 0 Å². The Morgan fingerprint density at radius 3 is 2.59 bits per heavy atom. The number of amides is 1. The average molecular weight is 305 g/mol. The van der Waals surface area contributed by atoms with Gasteiger partial charge in [0.1, 0.15) is 0 Å². The van der Waals surface area contributed by atoms with E-state index in [4.69, 9.17) is 14.6 Å². The number of rotatable bonds is 3. The molecule has 1 amide bonds. The number of carbonyl (C=O) groups excluding carboxylic acids is 1. The quantitative estimate of drug-likeness (QED) is 0.567. The van der Waals surface area contributed by atoms with Crippen LogP contribution in [0.4, 0.5) is 0 Å². The molecule has 0 spiro atoms. The lowest BCUT2D eigenvalue weighted by atomic mass is 9.77. The summed E-state index contributed by atoms with van der Waals surface area (Å²) in [5.41, 5.74) is 0.953. The first-order chi connectivity index (χ1) is 10.5. The third-order valence-corrected chi connectivity index (χ3v) is 2.82. The van der Waals surface area contributed by atoms with Gasteiger partial charge in [-0.15, -0.1) is 0 Å². The van der Waals surface area contributed by atoms with Crippen molar-refractivity contribution >= 4 is 19.0 Å². The monoisotopic (exact) mass is 305 g/mol. The maximum atomic E-state index is 11.8. The van der Waals surface area contributed by atoms with Gasteiger partial charge in [-0.1, -0.05) is 42.5 Å². The van der Waals surface area contributed by atoms with Gasteiger partial charge in [-0.05, 0) is 12.0 Å². The molecule has 1 heterocycles. The van der Waals surface area contributed by atoms with Gasteiger partial charge in [0.15, 0.2) is 0 Å². The molecule has 1 atom stereocenters. The standard InChI is InChI=1S/C13H16BNO3.C2H4O2/c16-13(10-11-6-2-1-3-7-11)15-12-8-4-5-9-18-14(12)17;1-2(3)4/h1-7,12,17H,8-10H2,(H,15,16);1H3,(H,3,4). The van der Waals surface area contributed by atoms with Crippen LogP contribution in [0.15, 0.2) is 42.5 Å². The highest BCUT2D eigenvalue weighted by molar-refractivity contribution is 6.45. The fourth-order valence-electron chi connectivity index (χ4n) is 1.87. The zero-order valence-electron chi connectivity index (χ0n) is 12.4. The molecule has 118 valence electrons. The summed E-state index contributed by atoms with van der Waals surface area (Å²) in [6.07, 6.45) is 4.64. The molecule has 0 radical (unpaired) electrons. The summed E-state index contributed by atoms with van der Waals surface area (Å²) < 4.78 is 5.12. The lowest BCUT2D eigenvalue weighted by Gasteiger charge is -2.17. The van der Waals surface area contributed by atoms with Crippen molar-refractivity contribution in [1.29, 1.82) is 0 Å². The van der Waals surface area contributed by atoms with Crippen LogP contribution in [0.5, 0.6) is 0 Å². The van der Waals surface area contributed by atoms with E-state index in [-0.39, 0.29) is 11.8 Å². The summed E-state index contributed by atoms with van der Waals surface area (Å²) >= 11 is 0. The summed E-state index contributed by atoms with van der Waals surface area (Å²) in [7, 11) is -0.945. The third-order valence-electron chi connectivity index (χ3n) is 2.82. The smallest absolute Gasteiger partial charge is 0.478 e. The van der Waals surface area contributed by atoms with Gasteiger partial charge in [-0.25, -0.2) is 0 Å². The molecule has 7 heteroatoms. The molecule has 0 saturated carbocycles. The average Bonchev–Trinajstić information content (AvgIpc) is 2.64. The normalized spacial score (nSPS) is 17.0. The number of carboxylic acids is 1. The molecule has 1 aliphatic rings. The van der Waals surface area contributed by atoms with E-state index in [2.05, 4.69) is 5.32 Å². The molecule has 1 aromatic carbocycles. The summed E-state index contributed by atoms with van der Waals surface area (Å²) in [4.78, 5) is 20.8. The van der Waals surface area contributed by atoms with Crippen molar-refractivity contribution in [3.05, 3.63) is 48.0 Å². The highest BCUT2D eigenvalue weighted by atomic mass is 16.5. The van der Waals surface area contributed by atoms with Gasteiger partial charge in [0.25, 0.3) is 5.97 Å². The molecular formula is C15H20BNO5. The number of hydrogen-bond acceptors (Lipinski definition) is 4. The molecule has 0 fully saturated rings. The Morgan fingerprint density at radius 1 is 1.32 bits per heavy atom. The number of benzene rings is 1. The first-order valence-electron chi connectivity index (χ1n) is 6.96. The molecule has 6 nitrogen and oxygen atoms in total. The van der Waals surface area contributed by atoms with Crippen molar-refractivity contribution in [3.63, 3.8) is 0 Å². The van der Waals surface area contributed by atoms with Gasteiger partial charge in [-0.2, -0.15) is 0 Å². The topological polar surface area (TPSA) is 95.9 Å². The highest BCUT2D eigenvalue weighted by Gasteiger charge is 2.28. The molecule has 1 unspecified atom stereocenters. The zero-order valence-corrected chi connectivity index (χ0v) is 12.4. The molecule has 22 heavy (non-hydrogen) atoms. The number of hydrogen-bond donors (Lipinski definition) is 3. The molecule has 1 aliphatic heterocycles. The molecule has 0 saturated heterocycles. The Kier molecular flexibility index (Phi) is 7.95. The van der Waals surface area contributed by atoms with Crippen molar-refractivity contribution < 1.29 is 24.4 Å². The van der Waals surface area contributed by atoms with E-state index in [0.717, 1.165) is 12.5 Å². The second kappa shape index (κ2) is 9.75. The highest BCUT2D eigenvalue weighted by Crippen LogP contribution is 2.05. The fourth-order valence-corrected chi connectivity index (χ4v) is 1.87. The van der Waals surface area contributed by atoms with E-state index >= 15 is 0 Å². The number of nitrogens with one attached hydrogen (secondary N) is 1. The van der Waals surface area contributed by atoms with E-state index < -0.39 is 13.1 Å². The fraction of sp³-hybridized carbons (Fsp3) is 0.333. The molecule has 0 bridgehead atoms. The Balaban J connectivity index is 0.000000541. The summed E-state index contributed by atoms with van der Waals surface area (Å²) in [6.45, 7) is 1.46. The third kappa shape index (κ3) is 7.61. The lowest BCUT2D eigenvalue weighted by molar-refractivity contribution is -0.134. The van der Waals surface area contributed by atoms with E-state index in [9.17, 15) is 9.82 Å². The van der Waals surface area contributed by atoms with Crippen LogP contribution in [0.3, 0.4) is 0 Å². The van der Waals surface area contributed by atoms with Crippen LogP contribution in [0.1, 0.15) is 18.9 Å². The Hall–Kier alpha value is -2.12. The minimum atomic E-state index is -0.945. The van der Waals surface area contributed by atoms with Crippen LogP contribution in [-0.2, 0) is 20.7 Å². The number of carboxylic acid groups (broad SMARTS) is 1. The van der Waals surface area contributed by atoms with Crippen LogP contribution in [0.2, 0.25) is 0 Å². The van der Waals surface area contributed by atoms with Crippen molar-refractivity contribution in [2.24, 2.45) is 0 Å². The number of carbonyl (C=O) groups is 2. The van der Waals surface area contributed by atoms with Gasteiger partial charge in [0.05, 0.1) is 12.4 Å². The van der Waals surface area contributed by atoms with E-state index in [1.807, 2.05) is 42.5 Å². The van der Waals surface area contributed by atoms with Crippen LogP contribution in [-0.4, -0.2) is 41.7 Å².